The van der Waals surface area contributed by atoms with Gasteiger partial charge in [-0.3, -0.25) is 0 Å². The van der Waals surface area contributed by atoms with Gasteiger partial charge in [0.1, 0.15) is 5.82 Å². The van der Waals surface area contributed by atoms with E-state index in [1.165, 1.54) is 0 Å². The molecule has 2 N–H and O–H groups in total. The van der Waals surface area contributed by atoms with E-state index >= 15 is 0 Å². The fourth-order valence-corrected chi connectivity index (χ4v) is 2.65. The average molecular weight is 261 g/mol. The molecule has 0 saturated carbocycles. The smallest absolute Gasteiger partial charge is 0.180 e. The maximum atomic E-state index is 10.2. The fourth-order valence-electron chi connectivity index (χ4n) is 2.65. The highest BCUT2D eigenvalue weighted by molar-refractivity contribution is 5.67. The minimum Gasteiger partial charge on any atom is -0.388 e. The summed E-state index contributed by atoms with van der Waals surface area (Å²) in [6.07, 6.45) is 7.38. The second kappa shape index (κ2) is 4.38. The second-order valence-corrected chi connectivity index (χ2v) is 5.38. The molecule has 1 aliphatic rings. The van der Waals surface area contributed by atoms with Gasteiger partial charge < -0.3 is 19.7 Å². The van der Waals surface area contributed by atoms with Crippen molar-refractivity contribution in [2.24, 2.45) is 0 Å². The number of nitrogens with one attached hydrogen (secondary N) is 1. The standard InChI is InChI=1S/C13H19N5O/c1-13(19)4-3-6-18(9-13)12-11-15-5-7-17(11)8-10(14-2)16-12/h5,7-8,14,19H,3-4,6,9H2,1-2H3. The molecule has 3 heterocycles. The number of β-amino-alcohol motifs (C(OH)–C–C–N with tert-alkyl or cyclic N) is 1. The van der Waals surface area contributed by atoms with E-state index in [1.807, 2.05) is 30.8 Å². The topological polar surface area (TPSA) is 65.7 Å². The van der Waals surface area contributed by atoms with Crippen LogP contribution in [0.1, 0.15) is 19.8 Å². The molecule has 1 atom stereocenters. The van der Waals surface area contributed by atoms with Gasteiger partial charge in [0.2, 0.25) is 0 Å². The molecule has 2 aromatic rings. The van der Waals surface area contributed by atoms with Crippen LogP contribution in [0.3, 0.4) is 0 Å². The Labute approximate surface area is 112 Å². The molecule has 6 nitrogen and oxygen atoms in total. The molecular formula is C13H19N5O. The minimum atomic E-state index is -0.654. The molecule has 2 aromatic heterocycles. The molecule has 3 rings (SSSR count). The zero-order chi connectivity index (χ0) is 13.5. The van der Waals surface area contributed by atoms with Gasteiger partial charge in [-0.25, -0.2) is 9.97 Å². The van der Waals surface area contributed by atoms with Gasteiger partial charge in [-0.05, 0) is 19.8 Å². The van der Waals surface area contributed by atoms with Crippen LogP contribution < -0.4 is 10.2 Å². The third-order valence-corrected chi connectivity index (χ3v) is 3.59. The highest BCUT2D eigenvalue weighted by Gasteiger charge is 2.30. The molecule has 0 aliphatic carbocycles. The molecule has 6 heteroatoms. The Kier molecular flexibility index (Phi) is 2.82. The summed E-state index contributed by atoms with van der Waals surface area (Å²) in [5.74, 6) is 1.63. The van der Waals surface area contributed by atoms with Crippen LogP contribution in [0, 0.1) is 0 Å². The van der Waals surface area contributed by atoms with E-state index in [9.17, 15) is 5.11 Å². The number of anilines is 2. The van der Waals surface area contributed by atoms with Gasteiger partial charge in [0, 0.05) is 32.5 Å². The summed E-state index contributed by atoms with van der Waals surface area (Å²) in [5.41, 5.74) is 0.177. The Morgan fingerprint density at radius 2 is 2.32 bits per heavy atom. The Morgan fingerprint density at radius 3 is 3.05 bits per heavy atom. The largest absolute Gasteiger partial charge is 0.388 e. The lowest BCUT2D eigenvalue weighted by Crippen LogP contribution is -2.46. The summed E-state index contributed by atoms with van der Waals surface area (Å²) in [6, 6.07) is 0. The number of aliphatic hydroxyl groups is 1. The Hall–Kier alpha value is -1.82. The van der Waals surface area contributed by atoms with E-state index in [0.29, 0.717) is 6.54 Å². The van der Waals surface area contributed by atoms with Crippen LogP contribution >= 0.6 is 0 Å². The van der Waals surface area contributed by atoms with Crippen molar-refractivity contribution in [2.45, 2.75) is 25.4 Å². The maximum Gasteiger partial charge on any atom is 0.180 e. The normalized spacial score (nSPS) is 23.8. The lowest BCUT2D eigenvalue weighted by Gasteiger charge is -2.37. The number of nitrogens with zero attached hydrogens (tertiary/aromatic N) is 4. The van der Waals surface area contributed by atoms with Crippen LogP contribution in [-0.4, -0.2) is 45.2 Å². The van der Waals surface area contributed by atoms with Crippen LogP contribution in [0.5, 0.6) is 0 Å². The molecule has 0 spiro atoms. The molecular weight excluding hydrogens is 242 g/mol. The van der Waals surface area contributed by atoms with Gasteiger partial charge >= 0.3 is 0 Å². The van der Waals surface area contributed by atoms with Gasteiger partial charge in [-0.2, -0.15) is 0 Å². The third-order valence-electron chi connectivity index (χ3n) is 3.59. The van der Waals surface area contributed by atoms with Crippen molar-refractivity contribution in [1.29, 1.82) is 0 Å². The average Bonchev–Trinajstić information content (AvgIpc) is 2.84. The molecule has 102 valence electrons. The number of aromatic nitrogens is 3. The molecule has 19 heavy (non-hydrogen) atoms. The summed E-state index contributed by atoms with van der Waals surface area (Å²) in [6.45, 7) is 3.37. The van der Waals surface area contributed by atoms with Crippen molar-refractivity contribution in [3.63, 3.8) is 0 Å². The van der Waals surface area contributed by atoms with E-state index < -0.39 is 5.60 Å². The number of piperidine rings is 1. The summed E-state index contributed by atoms with van der Waals surface area (Å²) in [7, 11) is 1.85. The quantitative estimate of drug-likeness (QED) is 0.848. The van der Waals surface area contributed by atoms with Crippen molar-refractivity contribution in [3.8, 4) is 0 Å². The molecule has 1 unspecified atom stereocenters. The van der Waals surface area contributed by atoms with Crippen LogP contribution in [0.25, 0.3) is 5.65 Å². The molecule has 0 aromatic carbocycles. The highest BCUT2D eigenvalue weighted by atomic mass is 16.3. The zero-order valence-corrected chi connectivity index (χ0v) is 11.3. The maximum absolute atomic E-state index is 10.2. The van der Waals surface area contributed by atoms with Crippen LogP contribution in [-0.2, 0) is 0 Å². The first-order valence-electron chi connectivity index (χ1n) is 6.58. The first kappa shape index (κ1) is 12.2. The van der Waals surface area contributed by atoms with E-state index in [4.69, 9.17) is 0 Å². The molecule has 1 fully saturated rings. The fraction of sp³-hybridized carbons (Fsp3) is 0.538. The first-order chi connectivity index (χ1) is 9.09. The van der Waals surface area contributed by atoms with Gasteiger partial charge in [-0.15, -0.1) is 0 Å². The lowest BCUT2D eigenvalue weighted by molar-refractivity contribution is 0.0448. The number of fused-ring (bicyclic) bond motifs is 1. The number of hydrogen-bond donors (Lipinski definition) is 2. The van der Waals surface area contributed by atoms with E-state index in [-0.39, 0.29) is 0 Å². The number of rotatable bonds is 2. The van der Waals surface area contributed by atoms with Gasteiger partial charge in [0.15, 0.2) is 11.5 Å². The predicted octanol–water partition coefficient (Wildman–Crippen LogP) is 1.12. The summed E-state index contributed by atoms with van der Waals surface area (Å²) in [5, 5.41) is 13.3. The van der Waals surface area contributed by atoms with Gasteiger partial charge in [-0.1, -0.05) is 0 Å². The van der Waals surface area contributed by atoms with Crippen LogP contribution in [0.15, 0.2) is 18.6 Å². The number of hydrogen-bond acceptors (Lipinski definition) is 5. The Morgan fingerprint density at radius 1 is 1.47 bits per heavy atom. The Bertz CT molecular complexity index is 592. The molecule has 0 radical (unpaired) electrons. The van der Waals surface area contributed by atoms with Crippen molar-refractivity contribution >= 4 is 17.3 Å². The predicted molar refractivity (Wildman–Crippen MR) is 74.6 cm³/mol. The van der Waals surface area contributed by atoms with Crippen molar-refractivity contribution in [1.82, 2.24) is 14.4 Å². The molecule has 0 amide bonds. The summed E-state index contributed by atoms with van der Waals surface area (Å²) >= 11 is 0. The van der Waals surface area contributed by atoms with Crippen molar-refractivity contribution in [2.75, 3.05) is 30.4 Å². The van der Waals surface area contributed by atoms with Crippen LogP contribution in [0.4, 0.5) is 11.6 Å². The molecule has 0 bridgehead atoms. The summed E-state index contributed by atoms with van der Waals surface area (Å²) < 4.78 is 1.96. The summed E-state index contributed by atoms with van der Waals surface area (Å²) in [4.78, 5) is 11.1. The minimum absolute atomic E-state index is 0.593. The van der Waals surface area contributed by atoms with E-state index in [0.717, 1.165) is 36.7 Å². The van der Waals surface area contributed by atoms with Gasteiger partial charge in [0.05, 0.1) is 11.8 Å². The highest BCUT2D eigenvalue weighted by Crippen LogP contribution is 2.27. The molecule has 1 aliphatic heterocycles. The molecule has 1 saturated heterocycles. The third kappa shape index (κ3) is 2.23. The monoisotopic (exact) mass is 261 g/mol. The SMILES string of the molecule is CNc1cn2ccnc2c(N2CCCC(C)(O)C2)n1. The first-order valence-corrected chi connectivity index (χ1v) is 6.58. The lowest BCUT2D eigenvalue weighted by atomic mass is 9.95. The van der Waals surface area contributed by atoms with Crippen LogP contribution in [0.2, 0.25) is 0 Å². The second-order valence-electron chi connectivity index (χ2n) is 5.38. The van der Waals surface area contributed by atoms with E-state index in [1.54, 1.807) is 6.20 Å². The van der Waals surface area contributed by atoms with Crippen molar-refractivity contribution in [3.05, 3.63) is 18.6 Å². The Balaban J connectivity index is 2.05. The number of imidazole rings is 1. The zero-order valence-electron chi connectivity index (χ0n) is 11.3. The van der Waals surface area contributed by atoms with E-state index in [2.05, 4.69) is 20.2 Å². The van der Waals surface area contributed by atoms with Crippen molar-refractivity contribution < 1.29 is 5.11 Å². The van der Waals surface area contributed by atoms with Gasteiger partial charge in [0.25, 0.3) is 0 Å².